The number of cyclic esters (lactones) is 1. The Balaban J connectivity index is 1.11. The fourth-order valence-electron chi connectivity index (χ4n) is 14.5. The molecule has 1 aromatic heterocycles. The Kier molecular flexibility index (Phi) is 26.2. The van der Waals surface area contributed by atoms with E-state index in [1.165, 1.54) is 62.2 Å². The molecular formula is C68H109N3O12P+. The molecule has 472 valence electrons. The maximum absolute atomic E-state index is 14.8. The van der Waals surface area contributed by atoms with E-state index in [1.807, 2.05) is 59.0 Å². The standard InChI is InChI=1S/C68H109N3O12P/c1-14-56-68(10,78)61(74)50(6)71(58(72)39-30-22-20-18-16-15-17-19-21-23-33-41-84(52-34-26-24-27-35-52,53-36-28-25-29-37-53)57-38-31-32-40-69-57)45-46(2)43-66(8,77)63(83-65-60(73)54(70(11)12)42-47(3)80-65)48(4)59(49(5)64(76)82-56)55-44-67(9,79-13)62(75)51(7)81-55/h24-29,31-32,34-38,40,46-51,54-56,59-63,65,73-75,77-78H,14-23,30,33,39,41-45H2,1-13H3/q+1/t46-,47-,48+,49-,50-,51+,54+,55-,56-,59?,60-,61-,62+,63-,65+,66-,67-,68-/m1/s1. The van der Waals surface area contributed by atoms with Crippen molar-refractivity contribution in [2.24, 2.45) is 23.7 Å². The highest BCUT2D eigenvalue weighted by molar-refractivity contribution is 7.95. The molecule has 3 saturated heterocycles. The second-order valence-electron chi connectivity index (χ2n) is 26.4. The summed E-state index contributed by atoms with van der Waals surface area (Å²) in [5, 5.41) is 63.6. The maximum atomic E-state index is 14.8. The highest BCUT2D eigenvalue weighted by atomic mass is 31.2. The summed E-state index contributed by atoms with van der Waals surface area (Å²) < 4.78 is 32.2. The van der Waals surface area contributed by atoms with Crippen molar-refractivity contribution in [1.29, 1.82) is 0 Å². The smallest absolute Gasteiger partial charge is 0.309 e. The van der Waals surface area contributed by atoms with Crippen molar-refractivity contribution >= 4 is 35.2 Å². The van der Waals surface area contributed by atoms with Crippen LogP contribution in [-0.2, 0) is 33.3 Å². The number of aromatic nitrogens is 1. The van der Waals surface area contributed by atoms with Crippen LogP contribution in [-0.4, -0.2) is 170 Å². The first-order valence-electron chi connectivity index (χ1n) is 31.9. The number of pyridine rings is 1. The summed E-state index contributed by atoms with van der Waals surface area (Å²) in [4.78, 5) is 38.0. The van der Waals surface area contributed by atoms with Gasteiger partial charge in [0.1, 0.15) is 47.9 Å². The minimum Gasteiger partial charge on any atom is -0.459 e. The van der Waals surface area contributed by atoms with Gasteiger partial charge in [-0.3, -0.25) is 9.59 Å². The molecule has 3 aliphatic heterocycles. The van der Waals surface area contributed by atoms with Crippen molar-refractivity contribution in [2.75, 3.05) is 33.9 Å². The van der Waals surface area contributed by atoms with Gasteiger partial charge in [-0.05, 0) is 136 Å². The molecule has 0 spiro atoms. The van der Waals surface area contributed by atoms with Crippen LogP contribution in [0, 0.1) is 23.7 Å². The van der Waals surface area contributed by atoms with Gasteiger partial charge >= 0.3 is 5.97 Å². The Labute approximate surface area is 505 Å². The Morgan fingerprint density at radius 3 is 1.86 bits per heavy atom. The number of nitrogens with zero attached hydrogens (tertiary/aromatic N) is 3. The van der Waals surface area contributed by atoms with Crippen molar-refractivity contribution in [2.45, 2.75) is 256 Å². The van der Waals surface area contributed by atoms with Gasteiger partial charge < -0.3 is 59.0 Å². The lowest BCUT2D eigenvalue weighted by atomic mass is 9.68. The summed E-state index contributed by atoms with van der Waals surface area (Å²) in [6.07, 6.45) is 7.40. The first kappa shape index (κ1) is 69.7. The van der Waals surface area contributed by atoms with E-state index in [0.29, 0.717) is 12.8 Å². The van der Waals surface area contributed by atoms with E-state index >= 15 is 0 Å². The number of esters is 1. The third-order valence-corrected chi connectivity index (χ3v) is 23.8. The molecule has 0 bridgehead atoms. The van der Waals surface area contributed by atoms with Gasteiger partial charge in [0.2, 0.25) is 5.91 Å². The van der Waals surface area contributed by atoms with Crippen LogP contribution in [0.25, 0.3) is 0 Å². The van der Waals surface area contributed by atoms with Crippen molar-refractivity contribution in [3.63, 3.8) is 0 Å². The van der Waals surface area contributed by atoms with Crippen LogP contribution >= 0.6 is 7.26 Å². The zero-order valence-electron chi connectivity index (χ0n) is 53.4. The van der Waals surface area contributed by atoms with Crippen LogP contribution in [0.4, 0.5) is 0 Å². The number of benzene rings is 2. The number of aliphatic hydroxyl groups is 5. The zero-order chi connectivity index (χ0) is 61.6. The molecule has 16 heteroatoms. The van der Waals surface area contributed by atoms with E-state index in [4.69, 9.17) is 28.7 Å². The van der Waals surface area contributed by atoms with Crippen LogP contribution in [0.15, 0.2) is 85.1 Å². The van der Waals surface area contributed by atoms with Gasteiger partial charge in [-0.15, -0.1) is 0 Å². The number of likely N-dealkylation sites (N-methyl/N-ethyl adjacent to an activating group) is 1. The van der Waals surface area contributed by atoms with Crippen LogP contribution in [0.2, 0.25) is 0 Å². The lowest BCUT2D eigenvalue weighted by Gasteiger charge is -2.51. The second-order valence-corrected chi connectivity index (χ2v) is 29.9. The van der Waals surface area contributed by atoms with Crippen molar-refractivity contribution in [1.82, 2.24) is 14.8 Å². The number of unbranched alkanes of at least 4 members (excludes halogenated alkanes) is 10. The topological polar surface area (TPSA) is 201 Å². The molecule has 1 unspecified atom stereocenters. The number of hydrogen-bond acceptors (Lipinski definition) is 14. The first-order chi connectivity index (χ1) is 39.8. The summed E-state index contributed by atoms with van der Waals surface area (Å²) in [5.74, 6) is -3.62. The third-order valence-electron chi connectivity index (χ3n) is 19.4. The van der Waals surface area contributed by atoms with Gasteiger partial charge in [-0.25, -0.2) is 4.98 Å². The van der Waals surface area contributed by atoms with Crippen LogP contribution in [0.5, 0.6) is 0 Å². The molecule has 5 N–H and O–H groups in total. The summed E-state index contributed by atoms with van der Waals surface area (Å²) in [5.41, 5.74) is -3.53. The lowest BCUT2D eigenvalue weighted by molar-refractivity contribution is -0.302. The molecule has 4 heterocycles. The van der Waals surface area contributed by atoms with Gasteiger partial charge in [0.05, 0.1) is 53.7 Å². The van der Waals surface area contributed by atoms with Gasteiger partial charge in [0.25, 0.3) is 0 Å². The number of amides is 1. The largest absolute Gasteiger partial charge is 0.459 e. The molecule has 3 aromatic rings. The molecule has 18 atom stereocenters. The van der Waals surface area contributed by atoms with Crippen LogP contribution < -0.4 is 16.0 Å². The molecule has 2 aromatic carbocycles. The summed E-state index contributed by atoms with van der Waals surface area (Å²) in [7, 11) is 3.40. The van der Waals surface area contributed by atoms with E-state index in [0.717, 1.165) is 38.3 Å². The SMILES string of the molecule is CC[C@H]1OC(=O)[C@H](C)C([C@H]2C[C@@](C)(OC)[C@@H](O)[C@H](C)O2)[C@H](C)[C@@H](O[C@@H]2O[C@H](C)C[C@H](N(C)C)[C@H]2O)[C@](C)(O)C[C@@H](C)CN(C(=O)CCCCCCCCCCCCC[P+](c2ccccc2)(c2ccccc2)c2ccccn2)[C@H](C)[C@@H](O)[C@]1(C)O. The fraction of sp³-hybridized carbons (Fsp3) is 0.721. The number of carbonyl (C=O) groups is 2. The Bertz CT molecular complexity index is 2330. The lowest BCUT2D eigenvalue weighted by Crippen LogP contribution is -2.61. The molecule has 15 nitrogen and oxygen atoms in total. The predicted molar refractivity (Wildman–Crippen MR) is 335 cm³/mol. The van der Waals surface area contributed by atoms with E-state index in [-0.39, 0.29) is 56.2 Å². The van der Waals surface area contributed by atoms with E-state index in [9.17, 15) is 35.1 Å². The van der Waals surface area contributed by atoms with Gasteiger partial charge in [-0.1, -0.05) is 122 Å². The molecule has 6 rings (SSSR count). The molecule has 0 radical (unpaired) electrons. The molecule has 84 heavy (non-hydrogen) atoms. The normalized spacial score (nSPS) is 35.1. The second kappa shape index (κ2) is 31.6. The zero-order valence-corrected chi connectivity index (χ0v) is 54.2. The van der Waals surface area contributed by atoms with E-state index in [2.05, 4.69) is 72.8 Å². The Morgan fingerprint density at radius 1 is 0.762 bits per heavy atom. The maximum Gasteiger partial charge on any atom is 0.309 e. The van der Waals surface area contributed by atoms with Crippen LogP contribution in [0.3, 0.4) is 0 Å². The fourth-order valence-corrected chi connectivity index (χ4v) is 18.7. The highest BCUT2D eigenvalue weighted by Gasteiger charge is 2.55. The van der Waals surface area contributed by atoms with E-state index in [1.54, 1.807) is 39.5 Å². The third kappa shape index (κ3) is 17.0. The van der Waals surface area contributed by atoms with Crippen molar-refractivity contribution in [3.05, 3.63) is 85.1 Å². The quantitative estimate of drug-likeness (QED) is 0.0342. The number of aliphatic hydroxyl groups excluding tert-OH is 3. The predicted octanol–water partition coefficient (Wildman–Crippen LogP) is 9.14. The molecule has 3 fully saturated rings. The minimum atomic E-state index is -1.98. The number of rotatable bonds is 23. The number of hydrogen-bond donors (Lipinski definition) is 5. The van der Waals surface area contributed by atoms with E-state index < -0.39 is 103 Å². The summed E-state index contributed by atoms with van der Waals surface area (Å²) >= 11 is 0. The minimum absolute atomic E-state index is 0.108. The molecule has 0 saturated carbocycles. The molecule has 0 aliphatic carbocycles. The molecule has 1 amide bonds. The van der Waals surface area contributed by atoms with Crippen LogP contribution in [0.1, 0.15) is 172 Å². The number of carbonyl (C=O) groups excluding carboxylic acids is 2. The van der Waals surface area contributed by atoms with Gasteiger partial charge in [0.15, 0.2) is 11.7 Å². The van der Waals surface area contributed by atoms with Crippen molar-refractivity contribution < 1.29 is 58.8 Å². The van der Waals surface area contributed by atoms with Gasteiger partial charge in [0, 0.05) is 50.7 Å². The first-order valence-corrected chi connectivity index (χ1v) is 33.9. The number of methoxy groups -OCH3 is 1. The van der Waals surface area contributed by atoms with Gasteiger partial charge in [-0.2, -0.15) is 0 Å². The Morgan fingerprint density at radius 2 is 1.32 bits per heavy atom. The van der Waals surface area contributed by atoms with Crippen molar-refractivity contribution in [3.8, 4) is 0 Å². The summed E-state index contributed by atoms with van der Waals surface area (Å²) in [6, 6.07) is 27.1. The monoisotopic (exact) mass is 1190 g/mol. The highest BCUT2D eigenvalue weighted by Crippen LogP contribution is 2.55. The molecule has 3 aliphatic rings. The average molecular weight is 1190 g/mol. The summed E-state index contributed by atoms with van der Waals surface area (Å²) in [6.45, 7) is 17.9. The average Bonchev–Trinajstić information content (AvgIpc) is 2.09. The Hall–Kier alpha value is -3.44. The number of ether oxygens (including phenoxy) is 5. The molecular weight excluding hydrogens is 1080 g/mol.